The maximum absolute atomic E-state index is 5.95. The Morgan fingerprint density at radius 1 is 1.22 bits per heavy atom. The summed E-state index contributed by atoms with van der Waals surface area (Å²) in [5, 5.41) is 0. The molecule has 1 unspecified atom stereocenters. The Morgan fingerprint density at radius 2 is 1.89 bits per heavy atom. The van der Waals surface area contributed by atoms with Gasteiger partial charge in [0, 0.05) is 24.9 Å². The Morgan fingerprint density at radius 3 is 2.44 bits per heavy atom. The Balaban J connectivity index is 2.39. The van der Waals surface area contributed by atoms with E-state index in [1.807, 2.05) is 12.4 Å². The first-order valence-corrected chi connectivity index (χ1v) is 6.43. The van der Waals surface area contributed by atoms with Crippen LogP contribution in [-0.2, 0) is 0 Å². The molecule has 0 bridgehead atoms. The summed E-state index contributed by atoms with van der Waals surface area (Å²) >= 11 is 0. The van der Waals surface area contributed by atoms with Gasteiger partial charge >= 0.3 is 0 Å². The van der Waals surface area contributed by atoms with Crippen molar-refractivity contribution in [1.82, 2.24) is 9.55 Å². The number of aromatic nitrogens is 2. The van der Waals surface area contributed by atoms with Gasteiger partial charge in [-0.2, -0.15) is 0 Å². The molecule has 0 aliphatic heterocycles. The van der Waals surface area contributed by atoms with Crippen molar-refractivity contribution in [3.63, 3.8) is 0 Å². The van der Waals surface area contributed by atoms with Crippen LogP contribution < -0.4 is 5.73 Å². The van der Waals surface area contributed by atoms with Crippen LogP contribution in [0, 0.1) is 6.92 Å². The van der Waals surface area contributed by atoms with Gasteiger partial charge in [-0.1, -0.05) is 43.7 Å². The number of nitrogens with two attached hydrogens (primary N) is 1. The molecule has 0 saturated carbocycles. The van der Waals surface area contributed by atoms with E-state index in [9.17, 15) is 0 Å². The van der Waals surface area contributed by atoms with Gasteiger partial charge in [0.25, 0.3) is 0 Å². The van der Waals surface area contributed by atoms with Gasteiger partial charge in [-0.05, 0) is 12.5 Å². The number of hydrogen-bond donors (Lipinski definition) is 1. The summed E-state index contributed by atoms with van der Waals surface area (Å²) in [6.07, 6.45) is 3.87. The number of hydrogen-bond acceptors (Lipinski definition) is 2. The lowest BCUT2D eigenvalue weighted by Gasteiger charge is -2.21. The molecule has 1 heterocycles. The van der Waals surface area contributed by atoms with Crippen molar-refractivity contribution in [2.45, 2.75) is 32.7 Å². The van der Waals surface area contributed by atoms with E-state index in [-0.39, 0.29) is 6.04 Å². The second kappa shape index (κ2) is 5.36. The Labute approximate surface area is 109 Å². The first kappa shape index (κ1) is 12.8. The molecule has 3 nitrogen and oxygen atoms in total. The van der Waals surface area contributed by atoms with Gasteiger partial charge in [0.05, 0.1) is 6.04 Å². The van der Waals surface area contributed by atoms with Crippen LogP contribution in [0.3, 0.4) is 0 Å². The minimum atomic E-state index is 0.172. The fraction of sp³-hybridized carbons (Fsp3) is 0.400. The molecule has 1 aromatic heterocycles. The Hall–Kier alpha value is -1.61. The van der Waals surface area contributed by atoms with Gasteiger partial charge in [-0.15, -0.1) is 0 Å². The van der Waals surface area contributed by atoms with Crippen molar-refractivity contribution in [3.05, 3.63) is 53.6 Å². The molecule has 0 aliphatic carbocycles. The molecule has 0 spiro atoms. The number of benzene rings is 1. The summed E-state index contributed by atoms with van der Waals surface area (Å²) < 4.78 is 2.19. The number of rotatable bonds is 4. The molecular weight excluding hydrogens is 222 g/mol. The highest BCUT2D eigenvalue weighted by atomic mass is 15.1. The van der Waals surface area contributed by atoms with Crippen molar-refractivity contribution in [2.75, 3.05) is 6.54 Å². The zero-order valence-electron chi connectivity index (χ0n) is 11.3. The summed E-state index contributed by atoms with van der Waals surface area (Å²) in [6.45, 7) is 6.99. The maximum atomic E-state index is 5.95. The van der Waals surface area contributed by atoms with E-state index in [4.69, 9.17) is 5.73 Å². The molecule has 1 aromatic carbocycles. The SMILES string of the molecule is Cc1ccc(C(CN)n2ccnc2C(C)C)cc1. The Kier molecular flexibility index (Phi) is 3.82. The van der Waals surface area contributed by atoms with Crippen molar-refractivity contribution in [2.24, 2.45) is 5.73 Å². The van der Waals surface area contributed by atoms with E-state index in [1.54, 1.807) is 0 Å². The second-order valence-corrected chi connectivity index (χ2v) is 5.01. The van der Waals surface area contributed by atoms with Gasteiger partial charge < -0.3 is 10.3 Å². The lowest BCUT2D eigenvalue weighted by Crippen LogP contribution is -2.22. The van der Waals surface area contributed by atoms with Gasteiger partial charge in [0.2, 0.25) is 0 Å². The third kappa shape index (κ3) is 2.46. The van der Waals surface area contributed by atoms with E-state index >= 15 is 0 Å². The highest BCUT2D eigenvalue weighted by Crippen LogP contribution is 2.22. The number of nitrogens with zero attached hydrogens (tertiary/aromatic N) is 2. The van der Waals surface area contributed by atoms with Crippen molar-refractivity contribution >= 4 is 0 Å². The molecule has 2 aromatic rings. The molecule has 96 valence electrons. The summed E-state index contributed by atoms with van der Waals surface area (Å²) in [5.41, 5.74) is 8.46. The Bertz CT molecular complexity index is 497. The summed E-state index contributed by atoms with van der Waals surface area (Å²) in [4.78, 5) is 4.44. The van der Waals surface area contributed by atoms with Crippen LogP contribution in [0.5, 0.6) is 0 Å². The van der Waals surface area contributed by atoms with Crippen LogP contribution in [0.4, 0.5) is 0 Å². The van der Waals surface area contributed by atoms with Gasteiger partial charge in [-0.3, -0.25) is 0 Å². The van der Waals surface area contributed by atoms with Crippen molar-refractivity contribution in [3.8, 4) is 0 Å². The predicted molar refractivity (Wildman–Crippen MR) is 74.7 cm³/mol. The van der Waals surface area contributed by atoms with Gasteiger partial charge in [-0.25, -0.2) is 4.98 Å². The summed E-state index contributed by atoms with van der Waals surface area (Å²) in [7, 11) is 0. The molecule has 0 fully saturated rings. The molecule has 18 heavy (non-hydrogen) atoms. The molecule has 2 rings (SSSR count). The smallest absolute Gasteiger partial charge is 0.111 e. The van der Waals surface area contributed by atoms with E-state index in [1.165, 1.54) is 11.1 Å². The highest BCUT2D eigenvalue weighted by molar-refractivity contribution is 5.26. The predicted octanol–water partition coefficient (Wildman–Crippen LogP) is 2.86. The number of aryl methyl sites for hydroxylation is 1. The minimum Gasteiger partial charge on any atom is -0.328 e. The molecule has 3 heteroatoms. The van der Waals surface area contributed by atoms with Crippen LogP contribution in [-0.4, -0.2) is 16.1 Å². The molecule has 0 aliphatic rings. The zero-order valence-corrected chi connectivity index (χ0v) is 11.3. The zero-order chi connectivity index (χ0) is 13.1. The topological polar surface area (TPSA) is 43.8 Å². The van der Waals surface area contributed by atoms with Gasteiger partial charge in [0.1, 0.15) is 5.82 Å². The standard InChI is InChI=1S/C15H21N3/c1-11(2)15-17-8-9-18(15)14(10-16)13-6-4-12(3)5-7-13/h4-9,11,14H,10,16H2,1-3H3. The third-order valence-electron chi connectivity index (χ3n) is 3.24. The largest absolute Gasteiger partial charge is 0.328 e. The third-order valence-corrected chi connectivity index (χ3v) is 3.24. The number of imidazole rings is 1. The van der Waals surface area contributed by atoms with Crippen molar-refractivity contribution in [1.29, 1.82) is 0 Å². The minimum absolute atomic E-state index is 0.172. The molecule has 0 radical (unpaired) electrons. The van der Waals surface area contributed by atoms with Crippen LogP contribution in [0.25, 0.3) is 0 Å². The first-order valence-electron chi connectivity index (χ1n) is 6.43. The average molecular weight is 243 g/mol. The van der Waals surface area contributed by atoms with Crippen molar-refractivity contribution < 1.29 is 0 Å². The lowest BCUT2D eigenvalue weighted by molar-refractivity contribution is 0.548. The highest BCUT2D eigenvalue weighted by Gasteiger charge is 2.16. The quantitative estimate of drug-likeness (QED) is 0.897. The normalized spacial score (nSPS) is 12.9. The first-order chi connectivity index (χ1) is 8.63. The maximum Gasteiger partial charge on any atom is 0.111 e. The fourth-order valence-corrected chi connectivity index (χ4v) is 2.23. The van der Waals surface area contributed by atoms with Crippen LogP contribution in [0.1, 0.15) is 42.8 Å². The molecule has 1 atom stereocenters. The molecule has 0 saturated heterocycles. The summed E-state index contributed by atoms with van der Waals surface area (Å²) in [5.74, 6) is 1.49. The molecule has 0 amide bonds. The van der Waals surface area contributed by atoms with Crippen LogP contribution in [0.2, 0.25) is 0 Å². The second-order valence-electron chi connectivity index (χ2n) is 5.01. The lowest BCUT2D eigenvalue weighted by atomic mass is 10.0. The van der Waals surface area contributed by atoms with E-state index in [0.717, 1.165) is 5.82 Å². The van der Waals surface area contributed by atoms with Crippen LogP contribution >= 0.6 is 0 Å². The van der Waals surface area contributed by atoms with E-state index in [0.29, 0.717) is 12.5 Å². The molecular formula is C15H21N3. The van der Waals surface area contributed by atoms with E-state index < -0.39 is 0 Å². The molecule has 2 N–H and O–H groups in total. The summed E-state index contributed by atoms with van der Waals surface area (Å²) in [6, 6.07) is 8.73. The van der Waals surface area contributed by atoms with Crippen LogP contribution in [0.15, 0.2) is 36.7 Å². The monoisotopic (exact) mass is 243 g/mol. The van der Waals surface area contributed by atoms with E-state index in [2.05, 4.69) is 54.6 Å². The average Bonchev–Trinajstić information content (AvgIpc) is 2.82. The van der Waals surface area contributed by atoms with Gasteiger partial charge in [0.15, 0.2) is 0 Å². The fourth-order valence-electron chi connectivity index (χ4n) is 2.23.